The van der Waals surface area contributed by atoms with Crippen LogP contribution in [-0.2, 0) is 7.05 Å². The van der Waals surface area contributed by atoms with Gasteiger partial charge in [0.15, 0.2) is 11.6 Å². The number of fused-ring (bicyclic) bond motifs is 1. The summed E-state index contributed by atoms with van der Waals surface area (Å²) in [6.45, 7) is 3.87. The maximum atomic E-state index is 13.0. The summed E-state index contributed by atoms with van der Waals surface area (Å²) in [6.07, 6.45) is 6.01. The van der Waals surface area contributed by atoms with E-state index in [9.17, 15) is 9.59 Å². The molecule has 1 fully saturated rings. The van der Waals surface area contributed by atoms with Crippen LogP contribution in [0.1, 0.15) is 71.6 Å². The van der Waals surface area contributed by atoms with E-state index < -0.39 is 0 Å². The van der Waals surface area contributed by atoms with Gasteiger partial charge in [-0.2, -0.15) is 0 Å². The van der Waals surface area contributed by atoms with Crippen molar-refractivity contribution in [3.63, 3.8) is 0 Å². The molecule has 1 aromatic carbocycles. The first-order chi connectivity index (χ1) is 17.0. The summed E-state index contributed by atoms with van der Waals surface area (Å²) in [5, 5.41) is 3.27. The third-order valence-corrected chi connectivity index (χ3v) is 7.18. The van der Waals surface area contributed by atoms with Gasteiger partial charge in [-0.25, -0.2) is 4.98 Å². The lowest BCUT2D eigenvalue weighted by molar-refractivity contribution is 0.0911. The van der Waals surface area contributed by atoms with Gasteiger partial charge >= 0.3 is 0 Å². The molecule has 0 bridgehead atoms. The Bertz CT molecular complexity index is 1390. The van der Waals surface area contributed by atoms with E-state index in [0.29, 0.717) is 17.7 Å². The van der Waals surface area contributed by atoms with Crippen LogP contribution in [0.2, 0.25) is 0 Å². The van der Waals surface area contributed by atoms with Gasteiger partial charge in [-0.15, -0.1) is 0 Å². The Kier molecular flexibility index (Phi) is 6.24. The topological polar surface area (TPSA) is 81.8 Å². The van der Waals surface area contributed by atoms with Crippen molar-refractivity contribution >= 4 is 22.7 Å². The van der Waals surface area contributed by atoms with Gasteiger partial charge in [-0.3, -0.25) is 14.6 Å². The number of hydrogen-bond donors (Lipinski definition) is 1. The molecule has 1 saturated carbocycles. The lowest BCUT2D eigenvalue weighted by Gasteiger charge is -2.32. The van der Waals surface area contributed by atoms with Crippen molar-refractivity contribution in [2.75, 3.05) is 0 Å². The van der Waals surface area contributed by atoms with Crippen LogP contribution in [0, 0.1) is 6.92 Å². The molecule has 0 saturated heterocycles. The first-order valence-corrected chi connectivity index (χ1v) is 12.4. The molecule has 7 heteroatoms. The Hall–Kier alpha value is -3.74. The number of nitrogens with zero attached hydrogens (tertiary/aromatic N) is 4. The maximum Gasteiger partial charge on any atom is 0.268 e. The fraction of sp³-hybridized carbons (Fsp3) is 0.357. The first-order valence-electron chi connectivity index (χ1n) is 12.4. The first kappa shape index (κ1) is 23.0. The van der Waals surface area contributed by atoms with Crippen LogP contribution in [0.25, 0.3) is 22.6 Å². The van der Waals surface area contributed by atoms with Gasteiger partial charge in [-0.1, -0.05) is 13.0 Å². The quantitative estimate of drug-likeness (QED) is 0.391. The summed E-state index contributed by atoms with van der Waals surface area (Å²) in [5.74, 6) is 0.878. The second-order valence-corrected chi connectivity index (χ2v) is 9.41. The largest absolute Gasteiger partial charge is 0.348 e. The Balaban J connectivity index is 1.49. The van der Waals surface area contributed by atoms with Crippen LogP contribution in [0.3, 0.4) is 0 Å². The predicted octanol–water partition coefficient (Wildman–Crippen LogP) is 5.25. The highest BCUT2D eigenvalue weighted by molar-refractivity contribution is 5.99. The number of amides is 1. The minimum Gasteiger partial charge on any atom is -0.348 e. The number of pyridine rings is 1. The van der Waals surface area contributed by atoms with E-state index in [0.717, 1.165) is 53.9 Å². The summed E-state index contributed by atoms with van der Waals surface area (Å²) >= 11 is 0. The van der Waals surface area contributed by atoms with Gasteiger partial charge in [0.1, 0.15) is 11.4 Å². The van der Waals surface area contributed by atoms with Crippen molar-refractivity contribution in [1.82, 2.24) is 24.4 Å². The lowest BCUT2D eigenvalue weighted by Crippen LogP contribution is -2.39. The van der Waals surface area contributed by atoms with Crippen LogP contribution in [0.4, 0.5) is 0 Å². The molecule has 2 unspecified atom stereocenters. The Labute approximate surface area is 205 Å². The van der Waals surface area contributed by atoms with E-state index in [1.54, 1.807) is 6.20 Å². The molecular formula is C28H31N5O2. The molecule has 0 spiro atoms. The van der Waals surface area contributed by atoms with Crippen LogP contribution in [0.15, 0.2) is 54.7 Å². The molecule has 0 radical (unpaired) electrons. The van der Waals surface area contributed by atoms with Crippen molar-refractivity contribution in [2.45, 2.75) is 58.0 Å². The van der Waals surface area contributed by atoms with Crippen molar-refractivity contribution in [3.05, 3.63) is 71.7 Å². The van der Waals surface area contributed by atoms with E-state index in [2.05, 4.69) is 14.9 Å². The molecule has 1 amide bonds. The fourth-order valence-electron chi connectivity index (χ4n) is 5.15. The highest BCUT2D eigenvalue weighted by Crippen LogP contribution is 2.36. The third kappa shape index (κ3) is 4.38. The maximum absolute atomic E-state index is 13.0. The minimum absolute atomic E-state index is 0.0330. The number of carbonyl (C=O) groups is 2. The molecule has 5 rings (SSSR count). The van der Waals surface area contributed by atoms with Crippen molar-refractivity contribution in [3.8, 4) is 11.5 Å². The summed E-state index contributed by atoms with van der Waals surface area (Å²) in [4.78, 5) is 34.8. The zero-order chi connectivity index (χ0) is 24.5. The molecule has 3 aromatic heterocycles. The summed E-state index contributed by atoms with van der Waals surface area (Å²) in [7, 11) is 1.92. The van der Waals surface area contributed by atoms with Gasteiger partial charge in [0.2, 0.25) is 0 Å². The molecule has 7 nitrogen and oxygen atoms in total. The van der Waals surface area contributed by atoms with Crippen molar-refractivity contribution in [1.29, 1.82) is 0 Å². The standard InChI is InChI=1S/C28H31N5O2/c1-4-26(34)19-12-14-24-23(16-19)31-27(22-10-5-6-15-29-22)33(24)21-9-7-8-20(17-21)30-28(35)25-13-11-18(2)32(25)3/h5-6,10-16,20-21H,4,7-9,17H2,1-3H3,(H,30,35). The molecule has 1 aliphatic carbocycles. The van der Waals surface area contributed by atoms with E-state index >= 15 is 0 Å². The van der Waals surface area contributed by atoms with Gasteiger partial charge in [0, 0.05) is 43.0 Å². The molecule has 1 aliphatic rings. The lowest BCUT2D eigenvalue weighted by atomic mass is 9.90. The summed E-state index contributed by atoms with van der Waals surface area (Å²) in [6, 6.07) is 15.7. The zero-order valence-corrected chi connectivity index (χ0v) is 20.5. The summed E-state index contributed by atoms with van der Waals surface area (Å²) in [5.41, 5.74) is 5.02. The molecular weight excluding hydrogens is 438 g/mol. The summed E-state index contributed by atoms with van der Waals surface area (Å²) < 4.78 is 4.19. The monoisotopic (exact) mass is 469 g/mol. The number of aromatic nitrogens is 4. The molecule has 1 N–H and O–H groups in total. The third-order valence-electron chi connectivity index (χ3n) is 7.18. The van der Waals surface area contributed by atoms with Gasteiger partial charge in [-0.05, 0) is 75.1 Å². The zero-order valence-electron chi connectivity index (χ0n) is 20.5. The number of hydrogen-bond acceptors (Lipinski definition) is 4. The minimum atomic E-state index is -0.0330. The van der Waals surface area contributed by atoms with E-state index in [1.807, 2.05) is 74.0 Å². The molecule has 180 valence electrons. The number of nitrogens with one attached hydrogen (secondary N) is 1. The number of benzene rings is 1. The van der Waals surface area contributed by atoms with E-state index in [1.165, 1.54) is 0 Å². The van der Waals surface area contributed by atoms with Crippen molar-refractivity contribution < 1.29 is 9.59 Å². The normalized spacial score (nSPS) is 18.0. The van der Waals surface area contributed by atoms with E-state index in [4.69, 9.17) is 4.98 Å². The number of carbonyl (C=O) groups excluding carboxylic acids is 2. The van der Waals surface area contributed by atoms with E-state index in [-0.39, 0.29) is 23.8 Å². The second kappa shape index (κ2) is 9.49. The molecule has 2 atom stereocenters. The van der Waals surface area contributed by atoms with Gasteiger partial charge in [0.05, 0.1) is 11.0 Å². The fourth-order valence-corrected chi connectivity index (χ4v) is 5.15. The van der Waals surface area contributed by atoms with Gasteiger partial charge < -0.3 is 14.5 Å². The highest BCUT2D eigenvalue weighted by Gasteiger charge is 2.29. The van der Waals surface area contributed by atoms with Gasteiger partial charge in [0.25, 0.3) is 5.91 Å². The smallest absolute Gasteiger partial charge is 0.268 e. The van der Waals surface area contributed by atoms with Crippen molar-refractivity contribution in [2.24, 2.45) is 7.05 Å². The Morgan fingerprint density at radius 2 is 1.97 bits per heavy atom. The average Bonchev–Trinajstić information content (AvgIpc) is 3.43. The Morgan fingerprint density at radius 3 is 2.69 bits per heavy atom. The van der Waals surface area contributed by atoms with Crippen LogP contribution in [0.5, 0.6) is 0 Å². The molecule has 3 heterocycles. The van der Waals surface area contributed by atoms with Crippen LogP contribution in [-0.4, -0.2) is 36.8 Å². The Morgan fingerprint density at radius 1 is 1.11 bits per heavy atom. The second-order valence-electron chi connectivity index (χ2n) is 9.41. The number of imidazole rings is 1. The number of aryl methyl sites for hydroxylation is 1. The number of rotatable bonds is 6. The SMILES string of the molecule is CCC(=O)c1ccc2c(c1)nc(-c1ccccn1)n2C1CCCC(NC(=O)c2ccc(C)n2C)C1. The van der Waals surface area contributed by atoms with Crippen LogP contribution < -0.4 is 5.32 Å². The number of ketones is 1. The predicted molar refractivity (Wildman–Crippen MR) is 136 cm³/mol. The molecule has 35 heavy (non-hydrogen) atoms. The molecule has 0 aliphatic heterocycles. The molecule has 4 aromatic rings. The van der Waals surface area contributed by atoms with Crippen LogP contribution >= 0.6 is 0 Å². The number of Topliss-reactive ketones (excluding diaryl/α,β-unsaturated/α-hetero) is 1. The highest BCUT2D eigenvalue weighted by atomic mass is 16.2. The average molecular weight is 470 g/mol.